The summed E-state index contributed by atoms with van der Waals surface area (Å²) in [5.74, 6) is 0. The molecule has 1 rings (SSSR count). The quantitative estimate of drug-likeness (QED) is 0.571. The van der Waals surface area contributed by atoms with Crippen LogP contribution < -0.4 is 5.32 Å². The van der Waals surface area contributed by atoms with Gasteiger partial charge >= 0.3 is 0 Å². The summed E-state index contributed by atoms with van der Waals surface area (Å²) in [5, 5.41) is 3.17. The summed E-state index contributed by atoms with van der Waals surface area (Å²) in [7, 11) is 0. The summed E-state index contributed by atoms with van der Waals surface area (Å²) in [6.45, 7) is 5.14. The van der Waals surface area contributed by atoms with E-state index in [9.17, 15) is 0 Å². The van der Waals surface area contributed by atoms with Crippen molar-refractivity contribution in [2.75, 3.05) is 26.4 Å². The van der Waals surface area contributed by atoms with Gasteiger partial charge in [0, 0.05) is 13.2 Å². The second-order valence-corrected chi connectivity index (χ2v) is 1.97. The van der Waals surface area contributed by atoms with Gasteiger partial charge in [0.15, 0.2) is 0 Å². The van der Waals surface area contributed by atoms with Crippen molar-refractivity contribution in [3.63, 3.8) is 0 Å². The summed E-state index contributed by atoms with van der Waals surface area (Å²) in [5.41, 5.74) is 0. The maximum absolute atomic E-state index is 5.25. The Morgan fingerprint density at radius 2 is 2.67 bits per heavy atom. The summed E-state index contributed by atoms with van der Waals surface area (Å²) in [6.07, 6.45) is 0.128. The minimum absolute atomic E-state index is 0.128. The lowest BCUT2D eigenvalue weighted by atomic mass is 10.5. The van der Waals surface area contributed by atoms with Crippen LogP contribution in [0.3, 0.4) is 0 Å². The molecule has 54 valence electrons. The van der Waals surface area contributed by atoms with E-state index in [1.165, 1.54) is 0 Å². The monoisotopic (exact) mass is 131 g/mol. The van der Waals surface area contributed by atoms with E-state index < -0.39 is 0 Å². The van der Waals surface area contributed by atoms with Crippen molar-refractivity contribution in [1.29, 1.82) is 0 Å². The highest BCUT2D eigenvalue weighted by Crippen LogP contribution is 1.93. The number of nitrogens with one attached hydrogen (secondary N) is 1. The number of ether oxygens (including phenoxy) is 2. The fourth-order valence-electron chi connectivity index (χ4n) is 0.850. The van der Waals surface area contributed by atoms with Crippen molar-refractivity contribution in [2.45, 2.75) is 13.2 Å². The van der Waals surface area contributed by atoms with Crippen molar-refractivity contribution >= 4 is 0 Å². The number of hydrogen-bond donors (Lipinski definition) is 1. The summed E-state index contributed by atoms with van der Waals surface area (Å²) in [6, 6.07) is 0. The second-order valence-electron chi connectivity index (χ2n) is 1.97. The normalized spacial score (nSPS) is 28.3. The molecular weight excluding hydrogens is 118 g/mol. The Morgan fingerprint density at radius 1 is 1.78 bits per heavy atom. The average Bonchev–Trinajstić information content (AvgIpc) is 1.91. The lowest BCUT2D eigenvalue weighted by molar-refractivity contribution is -0.0570. The zero-order valence-electron chi connectivity index (χ0n) is 5.72. The van der Waals surface area contributed by atoms with Crippen LogP contribution in [-0.4, -0.2) is 32.6 Å². The highest BCUT2D eigenvalue weighted by Gasteiger charge is 2.10. The van der Waals surface area contributed by atoms with Crippen molar-refractivity contribution in [3.8, 4) is 0 Å². The van der Waals surface area contributed by atoms with Gasteiger partial charge in [-0.25, -0.2) is 0 Å². The minimum Gasteiger partial charge on any atom is -0.376 e. The third kappa shape index (κ3) is 2.30. The Morgan fingerprint density at radius 3 is 3.22 bits per heavy atom. The van der Waals surface area contributed by atoms with Crippen molar-refractivity contribution < 1.29 is 9.47 Å². The molecule has 0 aromatic rings. The largest absolute Gasteiger partial charge is 0.376 e. The molecule has 1 saturated heterocycles. The second kappa shape index (κ2) is 3.82. The van der Waals surface area contributed by atoms with Crippen LogP contribution >= 0.6 is 0 Å². The first-order chi connectivity index (χ1) is 4.43. The highest BCUT2D eigenvalue weighted by molar-refractivity contribution is 4.58. The molecule has 0 bridgehead atoms. The molecule has 0 aromatic carbocycles. The fourth-order valence-corrected chi connectivity index (χ4v) is 0.850. The van der Waals surface area contributed by atoms with E-state index in [0.717, 1.165) is 19.8 Å². The van der Waals surface area contributed by atoms with E-state index in [-0.39, 0.29) is 6.23 Å². The molecule has 3 heteroatoms. The van der Waals surface area contributed by atoms with Gasteiger partial charge in [0.2, 0.25) is 0 Å². The standard InChI is InChI=1S/C6H13NO2/c1-2-9-6-5-8-4-3-7-6/h6-7H,2-5H2,1H3. The topological polar surface area (TPSA) is 30.5 Å². The predicted molar refractivity (Wildman–Crippen MR) is 34.2 cm³/mol. The molecule has 0 spiro atoms. The average molecular weight is 131 g/mol. The molecule has 1 N–H and O–H groups in total. The molecule has 0 radical (unpaired) electrons. The Kier molecular flexibility index (Phi) is 2.97. The minimum atomic E-state index is 0.128. The molecule has 1 fully saturated rings. The Hall–Kier alpha value is -0.120. The van der Waals surface area contributed by atoms with E-state index in [1.807, 2.05) is 6.92 Å². The van der Waals surface area contributed by atoms with Crippen molar-refractivity contribution in [1.82, 2.24) is 5.32 Å². The van der Waals surface area contributed by atoms with Crippen LogP contribution in [0, 0.1) is 0 Å². The molecular formula is C6H13NO2. The number of rotatable bonds is 2. The van der Waals surface area contributed by atoms with Gasteiger partial charge in [-0.2, -0.15) is 0 Å². The maximum atomic E-state index is 5.25. The van der Waals surface area contributed by atoms with Gasteiger partial charge in [-0.05, 0) is 6.92 Å². The molecule has 1 unspecified atom stereocenters. The molecule has 0 saturated carbocycles. The van der Waals surface area contributed by atoms with Crippen LogP contribution in [0.15, 0.2) is 0 Å². The fraction of sp³-hybridized carbons (Fsp3) is 1.00. The van der Waals surface area contributed by atoms with Crippen LogP contribution in [0.2, 0.25) is 0 Å². The Bertz CT molecular complexity index is 68.7. The smallest absolute Gasteiger partial charge is 0.131 e. The van der Waals surface area contributed by atoms with Crippen LogP contribution in [0.25, 0.3) is 0 Å². The van der Waals surface area contributed by atoms with Gasteiger partial charge in [0.1, 0.15) is 6.23 Å². The van der Waals surface area contributed by atoms with Gasteiger partial charge in [-0.1, -0.05) is 0 Å². The van der Waals surface area contributed by atoms with Gasteiger partial charge < -0.3 is 9.47 Å². The SMILES string of the molecule is CCOC1COCCN1. The molecule has 1 atom stereocenters. The highest BCUT2D eigenvalue weighted by atomic mass is 16.5. The van der Waals surface area contributed by atoms with Gasteiger partial charge in [0.25, 0.3) is 0 Å². The molecule has 1 heterocycles. The number of hydrogen-bond acceptors (Lipinski definition) is 3. The lowest BCUT2D eigenvalue weighted by Crippen LogP contribution is -2.42. The Balaban J connectivity index is 2.08. The van der Waals surface area contributed by atoms with Gasteiger partial charge in [-0.15, -0.1) is 0 Å². The molecule has 1 aliphatic rings. The zero-order chi connectivity index (χ0) is 6.53. The van der Waals surface area contributed by atoms with E-state index in [4.69, 9.17) is 9.47 Å². The molecule has 0 aromatic heterocycles. The van der Waals surface area contributed by atoms with Crippen LogP contribution in [-0.2, 0) is 9.47 Å². The van der Waals surface area contributed by atoms with Gasteiger partial charge in [0.05, 0.1) is 13.2 Å². The lowest BCUT2D eigenvalue weighted by Gasteiger charge is -2.23. The maximum Gasteiger partial charge on any atom is 0.131 e. The van der Waals surface area contributed by atoms with E-state index >= 15 is 0 Å². The third-order valence-corrected chi connectivity index (χ3v) is 1.26. The van der Waals surface area contributed by atoms with E-state index in [1.54, 1.807) is 0 Å². The first kappa shape index (κ1) is 6.99. The Labute approximate surface area is 55.3 Å². The van der Waals surface area contributed by atoms with E-state index in [0.29, 0.717) is 6.61 Å². The molecule has 0 aliphatic carbocycles. The third-order valence-electron chi connectivity index (χ3n) is 1.26. The zero-order valence-corrected chi connectivity index (χ0v) is 5.72. The van der Waals surface area contributed by atoms with Crippen molar-refractivity contribution in [3.05, 3.63) is 0 Å². The molecule has 3 nitrogen and oxygen atoms in total. The summed E-state index contributed by atoms with van der Waals surface area (Å²) in [4.78, 5) is 0. The first-order valence-electron chi connectivity index (χ1n) is 3.36. The summed E-state index contributed by atoms with van der Waals surface area (Å²) >= 11 is 0. The summed E-state index contributed by atoms with van der Waals surface area (Å²) < 4.78 is 10.4. The van der Waals surface area contributed by atoms with Crippen LogP contribution in [0.5, 0.6) is 0 Å². The van der Waals surface area contributed by atoms with E-state index in [2.05, 4.69) is 5.32 Å². The number of morpholine rings is 1. The van der Waals surface area contributed by atoms with Crippen molar-refractivity contribution in [2.24, 2.45) is 0 Å². The van der Waals surface area contributed by atoms with Gasteiger partial charge in [-0.3, -0.25) is 5.32 Å². The first-order valence-corrected chi connectivity index (χ1v) is 3.36. The van der Waals surface area contributed by atoms with Crippen LogP contribution in [0.4, 0.5) is 0 Å². The molecule has 9 heavy (non-hydrogen) atoms. The molecule has 0 amide bonds. The van der Waals surface area contributed by atoms with Crippen LogP contribution in [0.1, 0.15) is 6.92 Å². The predicted octanol–water partition coefficient (Wildman–Crippen LogP) is -0.0312. The molecule has 1 aliphatic heterocycles.